The van der Waals surface area contributed by atoms with Crippen molar-refractivity contribution in [3.05, 3.63) is 61.6 Å². The van der Waals surface area contributed by atoms with Crippen molar-refractivity contribution in [3.8, 4) is 5.75 Å². The van der Waals surface area contributed by atoms with E-state index in [-0.39, 0.29) is 0 Å². The van der Waals surface area contributed by atoms with Crippen LogP contribution in [0.1, 0.15) is 25.0 Å². The molecule has 0 heterocycles. The van der Waals surface area contributed by atoms with Crippen LogP contribution in [0.15, 0.2) is 46.9 Å². The van der Waals surface area contributed by atoms with Gasteiger partial charge < -0.3 is 10.1 Å². The van der Waals surface area contributed by atoms with Crippen LogP contribution in [-0.2, 0) is 13.2 Å². The molecule has 112 valence electrons. The fourth-order valence-electron chi connectivity index (χ4n) is 1.84. The average molecular weight is 460 g/mol. The molecule has 2 aromatic rings. The zero-order valence-electron chi connectivity index (χ0n) is 12.2. The van der Waals surface area contributed by atoms with E-state index in [0.29, 0.717) is 12.6 Å². The molecule has 0 atom stereocenters. The molecule has 2 rings (SSSR count). The molecule has 0 unspecified atom stereocenters. The van der Waals surface area contributed by atoms with Crippen molar-refractivity contribution in [1.29, 1.82) is 0 Å². The molecule has 0 aliphatic heterocycles. The van der Waals surface area contributed by atoms with Crippen LogP contribution >= 0.6 is 38.5 Å². The van der Waals surface area contributed by atoms with Gasteiger partial charge in [-0.25, -0.2) is 0 Å². The van der Waals surface area contributed by atoms with Crippen LogP contribution in [0, 0.1) is 3.57 Å². The summed E-state index contributed by atoms with van der Waals surface area (Å²) in [7, 11) is 0. The monoisotopic (exact) mass is 459 g/mol. The largest absolute Gasteiger partial charge is 0.488 e. The third kappa shape index (κ3) is 5.60. The van der Waals surface area contributed by atoms with Crippen molar-refractivity contribution in [2.75, 3.05) is 0 Å². The minimum atomic E-state index is 0.487. The van der Waals surface area contributed by atoms with Crippen molar-refractivity contribution in [1.82, 2.24) is 5.32 Å². The molecule has 0 fully saturated rings. The number of hydrogen-bond donors (Lipinski definition) is 1. The number of hydrogen-bond acceptors (Lipinski definition) is 2. The van der Waals surface area contributed by atoms with E-state index >= 15 is 0 Å². The molecule has 2 nitrogen and oxygen atoms in total. The van der Waals surface area contributed by atoms with Crippen molar-refractivity contribution >= 4 is 38.5 Å². The molecule has 0 radical (unpaired) electrons. The van der Waals surface area contributed by atoms with E-state index in [1.807, 2.05) is 6.07 Å². The highest BCUT2D eigenvalue weighted by atomic mass is 127. The Kier molecular flexibility index (Phi) is 6.51. The van der Waals surface area contributed by atoms with E-state index in [0.717, 1.165) is 16.8 Å². The van der Waals surface area contributed by atoms with Gasteiger partial charge in [0.1, 0.15) is 12.4 Å². The summed E-state index contributed by atoms with van der Waals surface area (Å²) < 4.78 is 8.11. The third-order valence-corrected chi connectivity index (χ3v) is 4.36. The molecule has 0 bridgehead atoms. The van der Waals surface area contributed by atoms with Gasteiger partial charge in [0.2, 0.25) is 0 Å². The van der Waals surface area contributed by atoms with Gasteiger partial charge in [0.15, 0.2) is 0 Å². The maximum atomic E-state index is 5.87. The number of nitrogens with one attached hydrogen (secondary N) is 1. The summed E-state index contributed by atoms with van der Waals surface area (Å²) in [6, 6.07) is 15.1. The molecule has 0 saturated heterocycles. The topological polar surface area (TPSA) is 21.3 Å². The van der Waals surface area contributed by atoms with E-state index in [4.69, 9.17) is 4.74 Å². The summed E-state index contributed by atoms with van der Waals surface area (Å²) >= 11 is 5.89. The van der Waals surface area contributed by atoms with Crippen molar-refractivity contribution in [3.63, 3.8) is 0 Å². The third-order valence-electron chi connectivity index (χ3n) is 3.02. The van der Waals surface area contributed by atoms with E-state index in [9.17, 15) is 0 Å². The Morgan fingerprint density at radius 3 is 2.38 bits per heavy atom. The van der Waals surface area contributed by atoms with Gasteiger partial charge in [-0.3, -0.25) is 0 Å². The second-order valence-electron chi connectivity index (χ2n) is 5.22. The lowest BCUT2D eigenvalue weighted by Crippen LogP contribution is -2.21. The molecule has 1 N–H and O–H groups in total. The predicted octanol–water partition coefficient (Wildman–Crippen LogP) is 5.13. The van der Waals surface area contributed by atoms with Gasteiger partial charge in [0.25, 0.3) is 0 Å². The number of rotatable bonds is 6. The molecule has 0 aliphatic carbocycles. The van der Waals surface area contributed by atoms with Crippen molar-refractivity contribution in [2.24, 2.45) is 0 Å². The first kappa shape index (κ1) is 16.8. The Morgan fingerprint density at radius 2 is 1.76 bits per heavy atom. The minimum absolute atomic E-state index is 0.487. The molecule has 0 aromatic heterocycles. The summed E-state index contributed by atoms with van der Waals surface area (Å²) in [5.41, 5.74) is 2.42. The smallest absolute Gasteiger partial charge is 0.134 e. The zero-order valence-corrected chi connectivity index (χ0v) is 15.9. The van der Waals surface area contributed by atoms with E-state index in [2.05, 4.69) is 94.1 Å². The van der Waals surface area contributed by atoms with E-state index in [1.54, 1.807) is 0 Å². The van der Waals surface area contributed by atoms with E-state index < -0.39 is 0 Å². The molecule has 2 aromatic carbocycles. The van der Waals surface area contributed by atoms with Crippen LogP contribution in [0.2, 0.25) is 0 Å². The van der Waals surface area contributed by atoms with Gasteiger partial charge >= 0.3 is 0 Å². The lowest BCUT2D eigenvalue weighted by atomic mass is 10.2. The second kappa shape index (κ2) is 8.15. The number of benzene rings is 2. The first-order valence-electron chi connectivity index (χ1n) is 6.93. The standard InChI is InChI=1S/C17H19BrINO/c1-12(2)20-10-14-5-8-17(16(18)9-14)21-11-13-3-6-15(19)7-4-13/h3-9,12,20H,10-11H2,1-2H3. The normalized spacial score (nSPS) is 10.9. The molecular formula is C17H19BrINO. The average Bonchev–Trinajstić information content (AvgIpc) is 2.46. The van der Waals surface area contributed by atoms with Crippen LogP contribution in [0.4, 0.5) is 0 Å². The molecule has 4 heteroatoms. The first-order valence-corrected chi connectivity index (χ1v) is 8.81. The second-order valence-corrected chi connectivity index (χ2v) is 7.32. The number of ether oxygens (including phenoxy) is 1. The van der Waals surface area contributed by atoms with Crippen LogP contribution < -0.4 is 10.1 Å². The highest BCUT2D eigenvalue weighted by molar-refractivity contribution is 14.1. The summed E-state index contributed by atoms with van der Waals surface area (Å²) in [6.07, 6.45) is 0. The highest BCUT2D eigenvalue weighted by Gasteiger charge is 2.04. The zero-order chi connectivity index (χ0) is 15.2. The van der Waals surface area contributed by atoms with Gasteiger partial charge in [0.05, 0.1) is 4.47 Å². The van der Waals surface area contributed by atoms with Gasteiger partial charge in [-0.1, -0.05) is 32.0 Å². The summed E-state index contributed by atoms with van der Waals surface area (Å²) in [4.78, 5) is 0. The highest BCUT2D eigenvalue weighted by Crippen LogP contribution is 2.27. The SMILES string of the molecule is CC(C)NCc1ccc(OCc2ccc(I)cc2)c(Br)c1. The summed E-state index contributed by atoms with van der Waals surface area (Å²) in [5, 5.41) is 3.41. The maximum Gasteiger partial charge on any atom is 0.134 e. The quantitative estimate of drug-likeness (QED) is 0.604. The minimum Gasteiger partial charge on any atom is -0.488 e. The Hall–Kier alpha value is -0.590. The molecular weight excluding hydrogens is 441 g/mol. The molecule has 0 saturated carbocycles. The Morgan fingerprint density at radius 1 is 1.10 bits per heavy atom. The van der Waals surface area contributed by atoms with Gasteiger partial charge in [0, 0.05) is 16.2 Å². The van der Waals surface area contributed by atoms with Crippen molar-refractivity contribution < 1.29 is 4.74 Å². The van der Waals surface area contributed by atoms with E-state index in [1.165, 1.54) is 14.7 Å². The molecule has 0 spiro atoms. The summed E-state index contributed by atoms with van der Waals surface area (Å²) in [5.74, 6) is 0.877. The van der Waals surface area contributed by atoms with Gasteiger partial charge in [-0.05, 0) is 73.9 Å². The lowest BCUT2D eigenvalue weighted by Gasteiger charge is -2.12. The molecule has 0 aliphatic rings. The Balaban J connectivity index is 1.95. The lowest BCUT2D eigenvalue weighted by molar-refractivity contribution is 0.304. The summed E-state index contributed by atoms with van der Waals surface area (Å²) in [6.45, 7) is 5.74. The van der Waals surface area contributed by atoms with Crippen LogP contribution in [0.3, 0.4) is 0 Å². The van der Waals surface area contributed by atoms with Crippen LogP contribution in [0.5, 0.6) is 5.75 Å². The molecule has 21 heavy (non-hydrogen) atoms. The van der Waals surface area contributed by atoms with Crippen LogP contribution in [-0.4, -0.2) is 6.04 Å². The van der Waals surface area contributed by atoms with Gasteiger partial charge in [-0.2, -0.15) is 0 Å². The first-order chi connectivity index (χ1) is 10.0. The fourth-order valence-corrected chi connectivity index (χ4v) is 2.74. The van der Waals surface area contributed by atoms with Gasteiger partial charge in [-0.15, -0.1) is 0 Å². The Bertz CT molecular complexity index is 584. The number of halogens is 2. The maximum absolute atomic E-state index is 5.87. The van der Waals surface area contributed by atoms with Crippen molar-refractivity contribution in [2.45, 2.75) is 33.0 Å². The Labute approximate surface area is 148 Å². The van der Waals surface area contributed by atoms with Crippen LogP contribution in [0.25, 0.3) is 0 Å². The molecule has 0 amide bonds. The predicted molar refractivity (Wildman–Crippen MR) is 99.6 cm³/mol. The fraction of sp³-hybridized carbons (Fsp3) is 0.294.